The van der Waals surface area contributed by atoms with Gasteiger partial charge in [0.2, 0.25) is 5.91 Å². The minimum atomic E-state index is 0.177. The molecule has 5 nitrogen and oxygen atoms in total. The summed E-state index contributed by atoms with van der Waals surface area (Å²) in [5, 5.41) is 1.27. The monoisotopic (exact) mass is 338 g/mol. The van der Waals surface area contributed by atoms with Crippen molar-refractivity contribution in [2.24, 2.45) is 0 Å². The number of carbonyl (C=O) groups excluding carboxylic acids is 1. The number of amides is 1. The Morgan fingerprint density at radius 2 is 2.18 bits per heavy atom. The largest absolute Gasteiger partial charge is 0.337 e. The molecule has 1 aliphatic heterocycles. The first-order chi connectivity index (χ1) is 10.5. The number of nitrogens with one attached hydrogen (secondary N) is 1. The maximum absolute atomic E-state index is 12.5. The molecule has 22 heavy (non-hydrogen) atoms. The number of halogens is 1. The molecule has 0 bridgehead atoms. The molecule has 0 radical (unpaired) electrons. The Kier molecular flexibility index (Phi) is 4.59. The van der Waals surface area contributed by atoms with E-state index in [0.717, 1.165) is 18.4 Å². The molecule has 1 saturated heterocycles. The summed E-state index contributed by atoms with van der Waals surface area (Å²) in [6.45, 7) is 4.26. The van der Waals surface area contributed by atoms with Crippen molar-refractivity contribution in [1.29, 1.82) is 0 Å². The fourth-order valence-electron chi connectivity index (χ4n) is 3.04. The number of likely N-dealkylation sites (tertiary alicyclic amines) is 1. The summed E-state index contributed by atoms with van der Waals surface area (Å²) < 4.78 is 0. The summed E-state index contributed by atoms with van der Waals surface area (Å²) in [6, 6.07) is 2.44. The normalized spacial score (nSPS) is 22.2. The third-order valence-corrected chi connectivity index (χ3v) is 5.16. The number of imidazole rings is 1. The van der Waals surface area contributed by atoms with Gasteiger partial charge in [0.05, 0.1) is 16.3 Å². The van der Waals surface area contributed by atoms with Crippen LogP contribution in [-0.4, -0.2) is 43.6 Å². The molecule has 3 rings (SSSR count). The average Bonchev–Trinajstić information content (AvgIpc) is 2.87. The van der Waals surface area contributed by atoms with Crippen LogP contribution in [0, 0.1) is 0 Å². The van der Waals surface area contributed by atoms with E-state index >= 15 is 0 Å². The van der Waals surface area contributed by atoms with Gasteiger partial charge in [0.1, 0.15) is 0 Å². The number of nitrogens with zero attached hydrogens (tertiary/aromatic N) is 3. The SMILES string of the molecule is C[C@@H]1CCC[C@H](C)N1C(=O)CSc1nc2ncc(Cl)cc2[nH]1. The fraction of sp³-hybridized carbons (Fsp3) is 0.533. The molecule has 0 aliphatic carbocycles. The highest BCUT2D eigenvalue weighted by Crippen LogP contribution is 2.25. The Labute approximate surface area is 138 Å². The fourth-order valence-corrected chi connectivity index (χ4v) is 3.94. The van der Waals surface area contributed by atoms with Crippen LogP contribution in [0.5, 0.6) is 0 Å². The number of hydrogen-bond donors (Lipinski definition) is 1. The summed E-state index contributed by atoms with van der Waals surface area (Å²) in [6.07, 6.45) is 4.96. The predicted octanol–water partition coefficient (Wildman–Crippen LogP) is 3.49. The minimum Gasteiger partial charge on any atom is -0.337 e. The van der Waals surface area contributed by atoms with Gasteiger partial charge in [-0.25, -0.2) is 9.97 Å². The van der Waals surface area contributed by atoms with Gasteiger partial charge in [0.25, 0.3) is 0 Å². The average molecular weight is 339 g/mol. The third-order valence-electron chi connectivity index (χ3n) is 4.10. The van der Waals surface area contributed by atoms with E-state index < -0.39 is 0 Å². The molecule has 7 heteroatoms. The van der Waals surface area contributed by atoms with Gasteiger partial charge >= 0.3 is 0 Å². The minimum absolute atomic E-state index is 0.177. The Balaban J connectivity index is 1.66. The molecule has 1 aliphatic rings. The zero-order chi connectivity index (χ0) is 15.7. The number of hydrogen-bond acceptors (Lipinski definition) is 4. The number of aromatic nitrogens is 3. The first kappa shape index (κ1) is 15.6. The molecular weight excluding hydrogens is 320 g/mol. The zero-order valence-electron chi connectivity index (χ0n) is 12.7. The first-order valence-electron chi connectivity index (χ1n) is 7.50. The first-order valence-corrected chi connectivity index (χ1v) is 8.86. The second kappa shape index (κ2) is 6.46. The van der Waals surface area contributed by atoms with Crippen molar-refractivity contribution >= 4 is 40.4 Å². The van der Waals surface area contributed by atoms with E-state index in [-0.39, 0.29) is 5.91 Å². The second-order valence-corrected chi connectivity index (χ2v) is 7.19. The summed E-state index contributed by atoms with van der Waals surface area (Å²) in [5.74, 6) is 0.568. The number of pyridine rings is 1. The van der Waals surface area contributed by atoms with Gasteiger partial charge in [0, 0.05) is 18.3 Å². The predicted molar refractivity (Wildman–Crippen MR) is 89.2 cm³/mol. The van der Waals surface area contributed by atoms with Crippen molar-refractivity contribution in [1.82, 2.24) is 19.9 Å². The van der Waals surface area contributed by atoms with Crippen LogP contribution in [0.3, 0.4) is 0 Å². The standard InChI is InChI=1S/C15H19ClN4OS/c1-9-4-3-5-10(2)20(9)13(21)8-22-15-18-12-6-11(16)7-17-14(12)19-15/h6-7,9-10H,3-5,8H2,1-2H3,(H,17,18,19)/t9-,10+. The van der Waals surface area contributed by atoms with Gasteiger partial charge in [-0.15, -0.1) is 0 Å². The Hall–Kier alpha value is -1.27. The molecule has 1 fully saturated rings. The maximum atomic E-state index is 12.5. The Morgan fingerprint density at radius 1 is 1.45 bits per heavy atom. The van der Waals surface area contributed by atoms with E-state index in [2.05, 4.69) is 28.8 Å². The van der Waals surface area contributed by atoms with Gasteiger partial charge in [-0.2, -0.15) is 0 Å². The van der Waals surface area contributed by atoms with Crippen molar-refractivity contribution in [3.63, 3.8) is 0 Å². The lowest BCUT2D eigenvalue weighted by Crippen LogP contribution is -2.48. The van der Waals surface area contributed by atoms with Gasteiger partial charge < -0.3 is 9.88 Å². The van der Waals surface area contributed by atoms with Crippen LogP contribution >= 0.6 is 23.4 Å². The molecule has 2 aromatic rings. The number of H-pyrrole nitrogens is 1. The number of rotatable bonds is 3. The summed E-state index contributed by atoms with van der Waals surface area (Å²) in [4.78, 5) is 26.2. The highest BCUT2D eigenvalue weighted by Gasteiger charge is 2.28. The van der Waals surface area contributed by atoms with Crippen molar-refractivity contribution in [2.45, 2.75) is 50.4 Å². The van der Waals surface area contributed by atoms with Gasteiger partial charge in [-0.3, -0.25) is 4.79 Å². The van der Waals surface area contributed by atoms with Crippen LogP contribution in [-0.2, 0) is 4.79 Å². The van der Waals surface area contributed by atoms with E-state index in [0.29, 0.717) is 33.7 Å². The molecule has 2 atom stereocenters. The number of thioether (sulfide) groups is 1. The van der Waals surface area contributed by atoms with Crippen molar-refractivity contribution < 1.29 is 4.79 Å². The van der Waals surface area contributed by atoms with Crippen LogP contribution < -0.4 is 0 Å². The van der Waals surface area contributed by atoms with Crippen LogP contribution in [0.25, 0.3) is 11.2 Å². The lowest BCUT2D eigenvalue weighted by atomic mass is 9.98. The van der Waals surface area contributed by atoms with Crippen molar-refractivity contribution in [2.75, 3.05) is 5.75 Å². The molecule has 118 valence electrons. The molecule has 0 spiro atoms. The smallest absolute Gasteiger partial charge is 0.233 e. The molecule has 2 aromatic heterocycles. The van der Waals surface area contributed by atoms with Gasteiger partial charge in [0.15, 0.2) is 10.8 Å². The van der Waals surface area contributed by atoms with Crippen LogP contribution in [0.2, 0.25) is 5.02 Å². The molecule has 0 aromatic carbocycles. The van der Waals surface area contributed by atoms with E-state index in [1.54, 1.807) is 12.3 Å². The maximum Gasteiger partial charge on any atom is 0.233 e. The van der Waals surface area contributed by atoms with Crippen LogP contribution in [0.1, 0.15) is 33.1 Å². The van der Waals surface area contributed by atoms with Crippen LogP contribution in [0.4, 0.5) is 0 Å². The lowest BCUT2D eigenvalue weighted by molar-refractivity contribution is -0.134. The summed E-state index contributed by atoms with van der Waals surface area (Å²) in [5.41, 5.74) is 1.42. The highest BCUT2D eigenvalue weighted by atomic mass is 35.5. The van der Waals surface area contributed by atoms with Gasteiger partial charge in [-0.1, -0.05) is 23.4 Å². The molecular formula is C15H19ClN4OS. The molecule has 1 amide bonds. The lowest BCUT2D eigenvalue weighted by Gasteiger charge is -2.39. The zero-order valence-corrected chi connectivity index (χ0v) is 14.2. The second-order valence-electron chi connectivity index (χ2n) is 5.79. The topological polar surface area (TPSA) is 61.9 Å². The molecule has 1 N–H and O–H groups in total. The highest BCUT2D eigenvalue weighted by molar-refractivity contribution is 7.99. The summed E-state index contributed by atoms with van der Waals surface area (Å²) >= 11 is 7.33. The van der Waals surface area contributed by atoms with Gasteiger partial charge in [-0.05, 0) is 39.2 Å². The van der Waals surface area contributed by atoms with E-state index in [1.165, 1.54) is 18.2 Å². The summed E-state index contributed by atoms with van der Waals surface area (Å²) in [7, 11) is 0. The molecule has 0 unspecified atom stereocenters. The number of aromatic amines is 1. The van der Waals surface area contributed by atoms with Crippen LogP contribution in [0.15, 0.2) is 17.4 Å². The Bertz CT molecular complexity index is 679. The molecule has 0 saturated carbocycles. The number of fused-ring (bicyclic) bond motifs is 1. The number of carbonyl (C=O) groups is 1. The quantitative estimate of drug-likeness (QED) is 0.870. The number of piperidine rings is 1. The van der Waals surface area contributed by atoms with E-state index in [1.807, 2.05) is 4.90 Å². The van der Waals surface area contributed by atoms with Crippen molar-refractivity contribution in [3.05, 3.63) is 17.3 Å². The Morgan fingerprint density at radius 3 is 2.91 bits per heavy atom. The van der Waals surface area contributed by atoms with E-state index in [4.69, 9.17) is 11.6 Å². The molecule has 3 heterocycles. The van der Waals surface area contributed by atoms with Crippen molar-refractivity contribution in [3.8, 4) is 0 Å². The third kappa shape index (κ3) is 3.22. The van der Waals surface area contributed by atoms with E-state index in [9.17, 15) is 4.79 Å².